The number of rotatable bonds is 8. The van der Waals surface area contributed by atoms with Gasteiger partial charge in [-0.3, -0.25) is 0 Å². The maximum atomic E-state index is 9.70. The van der Waals surface area contributed by atoms with E-state index in [0.29, 0.717) is 19.3 Å². The van der Waals surface area contributed by atoms with Crippen LogP contribution in [0.3, 0.4) is 0 Å². The fraction of sp³-hybridized carbons (Fsp3) is 1.00. The molecule has 2 fully saturated rings. The zero-order valence-electron chi connectivity index (χ0n) is 10.2. The molecule has 2 saturated carbocycles. The van der Waals surface area contributed by atoms with Crippen LogP contribution >= 0.6 is 0 Å². The molecular weight excluding hydrogens is 202 g/mol. The summed E-state index contributed by atoms with van der Waals surface area (Å²) in [7, 11) is 0. The van der Waals surface area contributed by atoms with Crippen molar-refractivity contribution in [2.24, 2.45) is 5.92 Å². The molecule has 2 aliphatic rings. The van der Waals surface area contributed by atoms with Crippen molar-refractivity contribution >= 4 is 0 Å². The normalized spacial score (nSPS) is 23.8. The van der Waals surface area contributed by atoms with Gasteiger partial charge in [-0.15, -0.1) is 0 Å². The van der Waals surface area contributed by atoms with Gasteiger partial charge < -0.3 is 15.2 Å². The Labute approximate surface area is 98.6 Å². The molecule has 1 atom stereocenters. The number of hydrogen-bond donors (Lipinski definition) is 2. The van der Waals surface area contributed by atoms with Gasteiger partial charge in [0, 0.05) is 6.54 Å². The first-order valence-electron chi connectivity index (χ1n) is 6.85. The summed E-state index contributed by atoms with van der Waals surface area (Å²) < 4.78 is 5.67. The molecule has 16 heavy (non-hydrogen) atoms. The molecule has 0 saturated heterocycles. The molecule has 0 aromatic carbocycles. The number of aliphatic hydroxyl groups is 1. The predicted molar refractivity (Wildman–Crippen MR) is 64.4 cm³/mol. The van der Waals surface area contributed by atoms with Gasteiger partial charge in [0.05, 0.1) is 18.8 Å². The van der Waals surface area contributed by atoms with Crippen LogP contribution in [0.2, 0.25) is 0 Å². The minimum absolute atomic E-state index is 0.334. The topological polar surface area (TPSA) is 41.5 Å². The van der Waals surface area contributed by atoms with Crippen molar-refractivity contribution in [2.45, 2.75) is 57.2 Å². The second kappa shape index (κ2) is 6.58. The molecule has 0 heterocycles. The molecule has 2 aliphatic carbocycles. The first kappa shape index (κ1) is 12.3. The minimum atomic E-state index is -0.334. The van der Waals surface area contributed by atoms with Gasteiger partial charge in [0.15, 0.2) is 0 Å². The van der Waals surface area contributed by atoms with Gasteiger partial charge in [-0.1, -0.05) is 25.7 Å². The lowest BCUT2D eigenvalue weighted by Gasteiger charge is -2.15. The molecule has 0 radical (unpaired) electrons. The summed E-state index contributed by atoms with van der Waals surface area (Å²) in [5.41, 5.74) is 0. The van der Waals surface area contributed by atoms with Crippen molar-refractivity contribution in [3.8, 4) is 0 Å². The molecule has 1 unspecified atom stereocenters. The van der Waals surface area contributed by atoms with E-state index in [1.54, 1.807) is 0 Å². The van der Waals surface area contributed by atoms with E-state index in [9.17, 15) is 5.11 Å². The molecule has 3 heteroatoms. The molecule has 0 aromatic heterocycles. The third-order valence-corrected chi connectivity index (χ3v) is 3.63. The Morgan fingerprint density at radius 3 is 2.62 bits per heavy atom. The van der Waals surface area contributed by atoms with Crippen LogP contribution in [0, 0.1) is 5.92 Å². The Hall–Kier alpha value is -0.120. The van der Waals surface area contributed by atoms with Crippen LogP contribution in [0.25, 0.3) is 0 Å². The highest BCUT2D eigenvalue weighted by atomic mass is 16.5. The van der Waals surface area contributed by atoms with Crippen molar-refractivity contribution in [1.29, 1.82) is 0 Å². The monoisotopic (exact) mass is 227 g/mol. The number of ether oxygens (including phenoxy) is 1. The largest absolute Gasteiger partial charge is 0.389 e. The highest BCUT2D eigenvalue weighted by Crippen LogP contribution is 2.31. The highest BCUT2D eigenvalue weighted by molar-refractivity contribution is 4.74. The van der Waals surface area contributed by atoms with Crippen LogP contribution in [0.5, 0.6) is 0 Å². The molecule has 0 aromatic rings. The van der Waals surface area contributed by atoms with Crippen LogP contribution in [0.4, 0.5) is 0 Å². The molecular formula is C13H25NO2. The van der Waals surface area contributed by atoms with Gasteiger partial charge in [0.2, 0.25) is 0 Å². The van der Waals surface area contributed by atoms with Gasteiger partial charge in [-0.25, -0.2) is 0 Å². The molecule has 2 N–H and O–H groups in total. The summed E-state index contributed by atoms with van der Waals surface area (Å²) >= 11 is 0. The molecule has 0 spiro atoms. The van der Waals surface area contributed by atoms with Gasteiger partial charge in [0.25, 0.3) is 0 Å². The zero-order chi connectivity index (χ0) is 11.2. The molecule has 3 nitrogen and oxygen atoms in total. The van der Waals surface area contributed by atoms with E-state index in [1.807, 2.05) is 0 Å². The summed E-state index contributed by atoms with van der Waals surface area (Å²) in [5, 5.41) is 13.0. The van der Waals surface area contributed by atoms with E-state index in [0.717, 1.165) is 12.5 Å². The van der Waals surface area contributed by atoms with E-state index in [-0.39, 0.29) is 6.10 Å². The Balaban J connectivity index is 1.42. The predicted octanol–water partition coefficient (Wildman–Crippen LogP) is 1.70. The van der Waals surface area contributed by atoms with E-state index in [1.165, 1.54) is 44.9 Å². The van der Waals surface area contributed by atoms with Crippen molar-refractivity contribution in [3.05, 3.63) is 0 Å². The molecule has 94 valence electrons. The SMILES string of the molecule is OC(CNCCC1CC1)COC1CCCC1. The van der Waals surface area contributed by atoms with Crippen LogP contribution in [-0.4, -0.2) is 37.0 Å². The Morgan fingerprint density at radius 2 is 1.94 bits per heavy atom. The Bertz CT molecular complexity index is 188. The minimum Gasteiger partial charge on any atom is -0.389 e. The average Bonchev–Trinajstić information content (AvgIpc) is 2.96. The summed E-state index contributed by atoms with van der Waals surface area (Å²) in [5.74, 6) is 0.972. The lowest BCUT2D eigenvalue weighted by molar-refractivity contribution is -0.00537. The van der Waals surface area contributed by atoms with Crippen LogP contribution in [0.15, 0.2) is 0 Å². The number of aliphatic hydroxyl groups excluding tert-OH is 1. The van der Waals surface area contributed by atoms with E-state index >= 15 is 0 Å². The lowest BCUT2D eigenvalue weighted by atomic mass is 10.3. The van der Waals surface area contributed by atoms with Crippen molar-refractivity contribution in [1.82, 2.24) is 5.32 Å². The standard InChI is InChI=1S/C13H25NO2/c15-12(9-14-8-7-11-5-6-11)10-16-13-3-1-2-4-13/h11-15H,1-10H2. The van der Waals surface area contributed by atoms with Gasteiger partial charge in [-0.05, 0) is 31.7 Å². The summed E-state index contributed by atoms with van der Waals surface area (Å²) in [6.07, 6.45) is 9.13. The Morgan fingerprint density at radius 1 is 1.19 bits per heavy atom. The van der Waals surface area contributed by atoms with E-state index in [2.05, 4.69) is 5.32 Å². The Kier molecular flexibility index (Phi) is 5.07. The van der Waals surface area contributed by atoms with Crippen molar-refractivity contribution in [3.63, 3.8) is 0 Å². The lowest BCUT2D eigenvalue weighted by Crippen LogP contribution is -2.32. The molecule has 0 bridgehead atoms. The zero-order valence-corrected chi connectivity index (χ0v) is 10.2. The molecule has 2 rings (SSSR count). The van der Waals surface area contributed by atoms with Crippen LogP contribution < -0.4 is 5.32 Å². The summed E-state index contributed by atoms with van der Waals surface area (Å²) in [6.45, 7) is 2.23. The quantitative estimate of drug-likeness (QED) is 0.620. The number of nitrogens with one attached hydrogen (secondary N) is 1. The van der Waals surface area contributed by atoms with Gasteiger partial charge in [-0.2, -0.15) is 0 Å². The second-order valence-electron chi connectivity index (χ2n) is 5.33. The van der Waals surface area contributed by atoms with Crippen molar-refractivity contribution in [2.75, 3.05) is 19.7 Å². The van der Waals surface area contributed by atoms with E-state index in [4.69, 9.17) is 4.74 Å². The highest BCUT2D eigenvalue weighted by Gasteiger charge is 2.20. The smallest absolute Gasteiger partial charge is 0.0897 e. The van der Waals surface area contributed by atoms with Gasteiger partial charge >= 0.3 is 0 Å². The second-order valence-corrected chi connectivity index (χ2v) is 5.33. The summed E-state index contributed by atoms with van der Waals surface area (Å²) in [6, 6.07) is 0. The number of hydrogen-bond acceptors (Lipinski definition) is 3. The van der Waals surface area contributed by atoms with Crippen LogP contribution in [0.1, 0.15) is 44.9 Å². The third kappa shape index (κ3) is 4.81. The molecule has 0 amide bonds. The summed E-state index contributed by atoms with van der Waals surface area (Å²) in [4.78, 5) is 0. The average molecular weight is 227 g/mol. The maximum absolute atomic E-state index is 9.70. The van der Waals surface area contributed by atoms with Crippen molar-refractivity contribution < 1.29 is 9.84 Å². The first-order valence-corrected chi connectivity index (χ1v) is 6.85. The van der Waals surface area contributed by atoms with Crippen LogP contribution in [-0.2, 0) is 4.74 Å². The molecule has 0 aliphatic heterocycles. The third-order valence-electron chi connectivity index (χ3n) is 3.63. The first-order chi connectivity index (χ1) is 7.84. The van der Waals surface area contributed by atoms with Gasteiger partial charge in [0.1, 0.15) is 0 Å². The van der Waals surface area contributed by atoms with E-state index < -0.39 is 0 Å². The fourth-order valence-corrected chi connectivity index (χ4v) is 2.34. The maximum Gasteiger partial charge on any atom is 0.0897 e. The fourth-order valence-electron chi connectivity index (χ4n) is 2.34.